The number of nitrogens with one attached hydrogen (secondary N) is 2. The molecule has 2 aromatic rings. The van der Waals surface area contributed by atoms with Gasteiger partial charge in [-0.25, -0.2) is 0 Å². The highest BCUT2D eigenvalue weighted by molar-refractivity contribution is 7.13. The molecule has 6 heteroatoms. The van der Waals surface area contributed by atoms with Crippen LogP contribution in [0.1, 0.15) is 52.2 Å². The molecule has 1 aromatic carbocycles. The summed E-state index contributed by atoms with van der Waals surface area (Å²) in [5.74, 6) is -0.423. The van der Waals surface area contributed by atoms with Crippen molar-refractivity contribution in [3.05, 3.63) is 51.7 Å². The molecule has 0 bridgehead atoms. The van der Waals surface area contributed by atoms with Crippen molar-refractivity contribution in [2.24, 2.45) is 0 Å². The van der Waals surface area contributed by atoms with Crippen LogP contribution in [0, 0.1) is 6.92 Å². The summed E-state index contributed by atoms with van der Waals surface area (Å²) in [6.45, 7) is 2.72. The minimum Gasteiger partial charge on any atom is -0.342 e. The molecule has 0 aliphatic heterocycles. The molecule has 0 atom stereocenters. The first kappa shape index (κ1) is 20.6. The lowest BCUT2D eigenvalue weighted by molar-refractivity contribution is -0.115. The zero-order valence-corrected chi connectivity index (χ0v) is 17.5. The van der Waals surface area contributed by atoms with Gasteiger partial charge < -0.3 is 10.6 Å². The van der Waals surface area contributed by atoms with Crippen LogP contribution in [0.25, 0.3) is 0 Å². The normalized spacial score (nSPS) is 14.8. The van der Waals surface area contributed by atoms with E-state index in [0.717, 1.165) is 22.7 Å². The van der Waals surface area contributed by atoms with E-state index in [1.165, 1.54) is 43.4 Å². The van der Waals surface area contributed by atoms with Gasteiger partial charge in [0.15, 0.2) is 0 Å². The summed E-state index contributed by atoms with van der Waals surface area (Å²) in [6.07, 6.45) is 6.44. The molecule has 2 amide bonds. The van der Waals surface area contributed by atoms with E-state index in [4.69, 9.17) is 0 Å². The first-order valence-electron chi connectivity index (χ1n) is 9.95. The van der Waals surface area contributed by atoms with Gasteiger partial charge in [-0.1, -0.05) is 37.5 Å². The van der Waals surface area contributed by atoms with Crippen molar-refractivity contribution in [3.63, 3.8) is 0 Å². The number of carbonyl (C=O) groups excluding carboxylic acids is 2. The van der Waals surface area contributed by atoms with Gasteiger partial charge in [0.05, 0.1) is 11.4 Å². The molecule has 0 unspecified atom stereocenters. The maximum Gasteiger partial charge on any atom is 0.261 e. The quantitative estimate of drug-likeness (QED) is 0.734. The van der Waals surface area contributed by atoms with Crippen LogP contribution in [0.15, 0.2) is 36.4 Å². The number of thiophene rings is 1. The van der Waals surface area contributed by atoms with Gasteiger partial charge in [0.2, 0.25) is 5.91 Å². The Bertz CT molecular complexity index is 812. The number of rotatable bonds is 7. The number of hydrogen-bond donors (Lipinski definition) is 2. The highest BCUT2D eigenvalue weighted by atomic mass is 32.1. The standard InChI is InChI=1S/C22H29N3O2S/c1-16-12-13-20(28-16)22(27)23-14-21(26)24-19-11-7-6-8-17(19)15-25(2)18-9-4-3-5-10-18/h6-8,11-13,18H,3-5,9-10,14-15H2,1-2H3,(H,23,27)(H,24,26). The smallest absolute Gasteiger partial charge is 0.261 e. The van der Waals surface area contributed by atoms with Crippen molar-refractivity contribution in [2.45, 2.75) is 51.6 Å². The molecule has 28 heavy (non-hydrogen) atoms. The van der Waals surface area contributed by atoms with Gasteiger partial charge in [-0.05, 0) is 50.6 Å². The summed E-state index contributed by atoms with van der Waals surface area (Å²) in [5, 5.41) is 5.65. The van der Waals surface area contributed by atoms with Crippen LogP contribution in [0.2, 0.25) is 0 Å². The Balaban J connectivity index is 1.54. The fraction of sp³-hybridized carbons (Fsp3) is 0.455. The van der Waals surface area contributed by atoms with E-state index in [-0.39, 0.29) is 18.4 Å². The maximum absolute atomic E-state index is 12.4. The van der Waals surface area contributed by atoms with Gasteiger partial charge >= 0.3 is 0 Å². The molecule has 1 aliphatic rings. The molecule has 3 rings (SSSR count). The average Bonchev–Trinajstić information content (AvgIpc) is 3.15. The highest BCUT2D eigenvalue weighted by Gasteiger charge is 2.19. The lowest BCUT2D eigenvalue weighted by atomic mass is 9.94. The van der Waals surface area contributed by atoms with Crippen LogP contribution >= 0.6 is 11.3 Å². The predicted molar refractivity (Wildman–Crippen MR) is 115 cm³/mol. The molecular weight excluding hydrogens is 370 g/mol. The number of anilines is 1. The van der Waals surface area contributed by atoms with Crippen molar-refractivity contribution >= 4 is 28.8 Å². The van der Waals surface area contributed by atoms with Gasteiger partial charge in [-0.3, -0.25) is 14.5 Å². The molecule has 1 heterocycles. The van der Waals surface area contributed by atoms with Crippen molar-refractivity contribution in [1.82, 2.24) is 10.2 Å². The van der Waals surface area contributed by atoms with Gasteiger partial charge in [0.25, 0.3) is 5.91 Å². The molecule has 2 N–H and O–H groups in total. The zero-order chi connectivity index (χ0) is 19.9. The number of nitrogens with zero attached hydrogens (tertiary/aromatic N) is 1. The number of benzene rings is 1. The largest absolute Gasteiger partial charge is 0.342 e. The summed E-state index contributed by atoms with van der Waals surface area (Å²) in [6, 6.07) is 12.2. The van der Waals surface area contributed by atoms with Crippen molar-refractivity contribution in [2.75, 3.05) is 18.9 Å². The number of hydrogen-bond acceptors (Lipinski definition) is 4. The van der Waals surface area contributed by atoms with E-state index in [9.17, 15) is 9.59 Å². The maximum atomic E-state index is 12.4. The Kier molecular flexibility index (Phi) is 7.23. The number of carbonyl (C=O) groups is 2. The van der Waals surface area contributed by atoms with Gasteiger partial charge in [-0.15, -0.1) is 11.3 Å². The Hall–Kier alpha value is -2.18. The molecule has 1 saturated carbocycles. The summed E-state index contributed by atoms with van der Waals surface area (Å²) < 4.78 is 0. The summed E-state index contributed by atoms with van der Waals surface area (Å²) in [4.78, 5) is 28.6. The van der Waals surface area contributed by atoms with Crippen molar-refractivity contribution in [3.8, 4) is 0 Å². The third-order valence-electron chi connectivity index (χ3n) is 5.28. The van der Waals surface area contributed by atoms with E-state index in [0.29, 0.717) is 10.9 Å². The molecule has 0 radical (unpaired) electrons. The van der Waals surface area contributed by atoms with E-state index >= 15 is 0 Å². The molecule has 1 aliphatic carbocycles. The minimum absolute atomic E-state index is 0.0391. The molecular formula is C22H29N3O2S. The van der Waals surface area contributed by atoms with Crippen LogP contribution in [0.5, 0.6) is 0 Å². The molecule has 1 fully saturated rings. The Labute approximate surface area is 171 Å². The number of amides is 2. The Morgan fingerprint density at radius 3 is 2.57 bits per heavy atom. The summed E-state index contributed by atoms with van der Waals surface area (Å²) in [7, 11) is 2.16. The average molecular weight is 400 g/mol. The zero-order valence-electron chi connectivity index (χ0n) is 16.7. The van der Waals surface area contributed by atoms with E-state index in [1.807, 2.05) is 31.2 Å². The molecule has 5 nitrogen and oxygen atoms in total. The Morgan fingerprint density at radius 2 is 1.86 bits per heavy atom. The number of para-hydroxylation sites is 1. The fourth-order valence-corrected chi connectivity index (χ4v) is 4.48. The van der Waals surface area contributed by atoms with Crippen molar-refractivity contribution in [1.29, 1.82) is 0 Å². The van der Waals surface area contributed by atoms with Gasteiger partial charge in [-0.2, -0.15) is 0 Å². The van der Waals surface area contributed by atoms with E-state index < -0.39 is 0 Å². The predicted octanol–water partition coefficient (Wildman–Crippen LogP) is 4.19. The van der Waals surface area contributed by atoms with Gasteiger partial charge in [0, 0.05) is 23.2 Å². The van der Waals surface area contributed by atoms with Crippen LogP contribution in [-0.4, -0.2) is 36.3 Å². The highest BCUT2D eigenvalue weighted by Crippen LogP contribution is 2.24. The Morgan fingerprint density at radius 1 is 1.11 bits per heavy atom. The lowest BCUT2D eigenvalue weighted by Crippen LogP contribution is -2.34. The van der Waals surface area contributed by atoms with Crippen LogP contribution in [-0.2, 0) is 11.3 Å². The molecule has 0 saturated heterocycles. The fourth-order valence-electron chi connectivity index (χ4n) is 3.70. The van der Waals surface area contributed by atoms with Crippen molar-refractivity contribution < 1.29 is 9.59 Å². The summed E-state index contributed by atoms with van der Waals surface area (Å²) >= 11 is 1.42. The lowest BCUT2D eigenvalue weighted by Gasteiger charge is -2.31. The monoisotopic (exact) mass is 399 g/mol. The summed E-state index contributed by atoms with van der Waals surface area (Å²) in [5.41, 5.74) is 1.92. The third-order valence-corrected chi connectivity index (χ3v) is 6.28. The second-order valence-corrected chi connectivity index (χ2v) is 8.79. The topological polar surface area (TPSA) is 61.4 Å². The van der Waals surface area contributed by atoms with Crippen LogP contribution in [0.3, 0.4) is 0 Å². The van der Waals surface area contributed by atoms with Crippen LogP contribution in [0.4, 0.5) is 5.69 Å². The van der Waals surface area contributed by atoms with E-state index in [2.05, 4.69) is 28.6 Å². The minimum atomic E-state index is -0.214. The second kappa shape index (κ2) is 9.85. The third kappa shape index (κ3) is 5.66. The first-order chi connectivity index (χ1) is 13.5. The SMILES string of the molecule is Cc1ccc(C(=O)NCC(=O)Nc2ccccc2CN(C)C2CCCCC2)s1. The van der Waals surface area contributed by atoms with Crippen LogP contribution < -0.4 is 10.6 Å². The second-order valence-electron chi connectivity index (χ2n) is 7.51. The molecule has 150 valence electrons. The molecule has 1 aromatic heterocycles. The first-order valence-corrected chi connectivity index (χ1v) is 10.8. The number of aryl methyl sites for hydroxylation is 1. The van der Waals surface area contributed by atoms with E-state index in [1.54, 1.807) is 6.07 Å². The molecule has 0 spiro atoms. The van der Waals surface area contributed by atoms with Gasteiger partial charge in [0.1, 0.15) is 0 Å².